The van der Waals surface area contributed by atoms with Crippen molar-refractivity contribution in [1.29, 1.82) is 0 Å². The van der Waals surface area contributed by atoms with Crippen LogP contribution in [0.1, 0.15) is 32.1 Å². The van der Waals surface area contributed by atoms with Gasteiger partial charge in [-0.05, 0) is 43.4 Å². The molecule has 1 saturated carbocycles. The summed E-state index contributed by atoms with van der Waals surface area (Å²) < 4.78 is 5.28. The number of methoxy groups -OCH3 is 1. The molecule has 1 aliphatic carbocycles. The highest BCUT2D eigenvalue weighted by Crippen LogP contribution is 2.35. The molecule has 1 N–H and O–H groups in total. The minimum absolute atomic E-state index is 0.0544. The highest BCUT2D eigenvalue weighted by Gasteiger charge is 2.31. The maximum absolute atomic E-state index is 12.3. The molecule has 2 fully saturated rings. The van der Waals surface area contributed by atoms with Gasteiger partial charge in [-0.25, -0.2) is 0 Å². The van der Waals surface area contributed by atoms with Crippen molar-refractivity contribution in [2.75, 3.05) is 32.1 Å². The molecular formula is C18H26N2O2. The number of hydrogen-bond acceptors (Lipinski definition) is 3. The summed E-state index contributed by atoms with van der Waals surface area (Å²) in [7, 11) is 1.62. The minimum atomic E-state index is 0.0544. The first-order valence-corrected chi connectivity index (χ1v) is 8.41. The lowest BCUT2D eigenvalue weighted by atomic mass is 9.75. The van der Waals surface area contributed by atoms with Crippen LogP contribution in [0.2, 0.25) is 0 Å². The van der Waals surface area contributed by atoms with Gasteiger partial charge in [0.25, 0.3) is 0 Å². The standard InChI is InChI=1S/C18H26N2O2/c1-22-17-9-5-4-8-16(17)19-18(21)13-20-11-10-14-6-2-3-7-15(14)12-20/h4-5,8-9,14-15H,2-3,6-7,10-13H2,1H3,(H,19,21)/t14-,15+/m0/s1. The number of para-hydroxylation sites is 2. The van der Waals surface area contributed by atoms with Gasteiger partial charge in [0.2, 0.25) is 5.91 Å². The van der Waals surface area contributed by atoms with Crippen molar-refractivity contribution in [2.45, 2.75) is 32.1 Å². The molecule has 2 atom stereocenters. The maximum atomic E-state index is 12.3. The molecule has 22 heavy (non-hydrogen) atoms. The van der Waals surface area contributed by atoms with Gasteiger partial charge < -0.3 is 10.1 Å². The number of piperidine rings is 1. The quantitative estimate of drug-likeness (QED) is 0.929. The average molecular weight is 302 g/mol. The Morgan fingerprint density at radius 3 is 2.82 bits per heavy atom. The number of hydrogen-bond donors (Lipinski definition) is 1. The molecule has 3 rings (SSSR count). The van der Waals surface area contributed by atoms with Crippen LogP contribution in [0, 0.1) is 11.8 Å². The number of rotatable bonds is 4. The highest BCUT2D eigenvalue weighted by molar-refractivity contribution is 5.93. The van der Waals surface area contributed by atoms with Crippen molar-refractivity contribution in [3.63, 3.8) is 0 Å². The summed E-state index contributed by atoms with van der Waals surface area (Å²) in [5, 5.41) is 2.98. The fourth-order valence-electron chi connectivity index (χ4n) is 3.96. The van der Waals surface area contributed by atoms with Gasteiger partial charge in [0.15, 0.2) is 0 Å². The number of amides is 1. The number of fused-ring (bicyclic) bond motifs is 1. The van der Waals surface area contributed by atoms with Crippen molar-refractivity contribution in [3.05, 3.63) is 24.3 Å². The second-order valence-corrected chi connectivity index (χ2v) is 6.58. The predicted molar refractivity (Wildman–Crippen MR) is 88.1 cm³/mol. The Hall–Kier alpha value is -1.55. The van der Waals surface area contributed by atoms with Crippen molar-refractivity contribution >= 4 is 11.6 Å². The number of carbonyl (C=O) groups is 1. The molecule has 1 saturated heterocycles. The van der Waals surface area contributed by atoms with E-state index in [0.29, 0.717) is 12.3 Å². The molecule has 2 aliphatic rings. The summed E-state index contributed by atoms with van der Waals surface area (Å²) in [5.74, 6) is 2.48. The van der Waals surface area contributed by atoms with Gasteiger partial charge in [0.1, 0.15) is 5.75 Å². The van der Waals surface area contributed by atoms with Gasteiger partial charge in [-0.1, -0.05) is 31.4 Å². The van der Waals surface area contributed by atoms with E-state index in [1.807, 2.05) is 24.3 Å². The SMILES string of the molecule is COc1ccccc1NC(=O)CN1CC[C@@H]2CCCC[C@@H]2C1. The fraction of sp³-hybridized carbons (Fsp3) is 0.611. The number of nitrogens with one attached hydrogen (secondary N) is 1. The number of nitrogens with zero attached hydrogens (tertiary/aromatic N) is 1. The zero-order valence-corrected chi connectivity index (χ0v) is 13.4. The molecule has 0 unspecified atom stereocenters. The van der Waals surface area contributed by atoms with Crippen LogP contribution in [0.4, 0.5) is 5.69 Å². The second-order valence-electron chi connectivity index (χ2n) is 6.58. The summed E-state index contributed by atoms with van der Waals surface area (Å²) in [6.07, 6.45) is 6.76. The van der Waals surface area contributed by atoms with E-state index in [9.17, 15) is 4.79 Å². The number of likely N-dealkylation sites (tertiary alicyclic amines) is 1. The van der Waals surface area contributed by atoms with Crippen molar-refractivity contribution in [1.82, 2.24) is 4.90 Å². The first-order valence-electron chi connectivity index (χ1n) is 8.41. The van der Waals surface area contributed by atoms with Crippen LogP contribution in [0.15, 0.2) is 24.3 Å². The molecule has 1 amide bonds. The number of carbonyl (C=O) groups excluding carboxylic acids is 1. The molecule has 0 spiro atoms. The Balaban J connectivity index is 1.53. The van der Waals surface area contributed by atoms with Crippen molar-refractivity contribution in [2.24, 2.45) is 11.8 Å². The van der Waals surface area contributed by atoms with Crippen molar-refractivity contribution in [3.8, 4) is 5.75 Å². The smallest absolute Gasteiger partial charge is 0.238 e. The second kappa shape index (κ2) is 7.14. The molecule has 4 nitrogen and oxygen atoms in total. The molecule has 1 aromatic rings. The molecule has 0 bridgehead atoms. The largest absolute Gasteiger partial charge is 0.495 e. The third kappa shape index (κ3) is 3.61. The predicted octanol–water partition coefficient (Wildman–Crippen LogP) is 3.15. The normalized spacial score (nSPS) is 25.3. The average Bonchev–Trinajstić information content (AvgIpc) is 2.55. The number of ether oxygens (including phenoxy) is 1. The molecule has 0 aromatic heterocycles. The van der Waals surface area contributed by atoms with E-state index in [2.05, 4.69) is 10.2 Å². The van der Waals surface area contributed by atoms with E-state index in [0.717, 1.165) is 30.6 Å². The molecular weight excluding hydrogens is 276 g/mol. The van der Waals surface area contributed by atoms with Crippen LogP contribution in [-0.4, -0.2) is 37.6 Å². The molecule has 0 radical (unpaired) electrons. The molecule has 120 valence electrons. The van der Waals surface area contributed by atoms with Gasteiger partial charge >= 0.3 is 0 Å². The third-order valence-electron chi connectivity index (χ3n) is 5.12. The molecule has 1 aliphatic heterocycles. The van der Waals surface area contributed by atoms with Crippen LogP contribution >= 0.6 is 0 Å². The summed E-state index contributed by atoms with van der Waals surface area (Å²) in [6, 6.07) is 7.56. The minimum Gasteiger partial charge on any atom is -0.495 e. The van der Waals surface area contributed by atoms with Crippen LogP contribution in [0.5, 0.6) is 5.75 Å². The first-order chi connectivity index (χ1) is 10.8. The van der Waals surface area contributed by atoms with Crippen LogP contribution in [-0.2, 0) is 4.79 Å². The lowest BCUT2D eigenvalue weighted by Gasteiger charge is -2.41. The van der Waals surface area contributed by atoms with E-state index in [-0.39, 0.29) is 5.91 Å². The lowest BCUT2D eigenvalue weighted by molar-refractivity contribution is -0.118. The van der Waals surface area contributed by atoms with Gasteiger partial charge in [-0.15, -0.1) is 0 Å². The van der Waals surface area contributed by atoms with E-state index in [1.54, 1.807) is 7.11 Å². The summed E-state index contributed by atoms with van der Waals surface area (Å²) in [6.45, 7) is 2.63. The van der Waals surface area contributed by atoms with Gasteiger partial charge in [-0.3, -0.25) is 9.69 Å². The van der Waals surface area contributed by atoms with E-state index < -0.39 is 0 Å². The zero-order chi connectivity index (χ0) is 15.4. The third-order valence-corrected chi connectivity index (χ3v) is 5.12. The van der Waals surface area contributed by atoms with E-state index in [1.165, 1.54) is 32.1 Å². The Kier molecular flexibility index (Phi) is 4.98. The fourth-order valence-corrected chi connectivity index (χ4v) is 3.96. The topological polar surface area (TPSA) is 41.6 Å². The monoisotopic (exact) mass is 302 g/mol. The van der Waals surface area contributed by atoms with Crippen LogP contribution < -0.4 is 10.1 Å². The van der Waals surface area contributed by atoms with Crippen LogP contribution in [0.25, 0.3) is 0 Å². The zero-order valence-electron chi connectivity index (χ0n) is 13.4. The molecule has 1 aromatic carbocycles. The lowest BCUT2D eigenvalue weighted by Crippen LogP contribution is -2.44. The summed E-state index contributed by atoms with van der Waals surface area (Å²) >= 11 is 0. The van der Waals surface area contributed by atoms with Gasteiger partial charge in [0, 0.05) is 6.54 Å². The molecule has 4 heteroatoms. The Labute approximate surface area is 132 Å². The first kappa shape index (κ1) is 15.3. The van der Waals surface area contributed by atoms with Gasteiger partial charge in [0.05, 0.1) is 19.3 Å². The summed E-state index contributed by atoms with van der Waals surface area (Å²) in [5.41, 5.74) is 0.752. The highest BCUT2D eigenvalue weighted by atomic mass is 16.5. The van der Waals surface area contributed by atoms with E-state index in [4.69, 9.17) is 4.74 Å². The maximum Gasteiger partial charge on any atom is 0.238 e. The molecule has 1 heterocycles. The Bertz CT molecular complexity index is 518. The Morgan fingerprint density at radius 1 is 1.23 bits per heavy atom. The van der Waals surface area contributed by atoms with Crippen molar-refractivity contribution < 1.29 is 9.53 Å². The van der Waals surface area contributed by atoms with E-state index >= 15 is 0 Å². The summed E-state index contributed by atoms with van der Waals surface area (Å²) in [4.78, 5) is 14.6. The van der Waals surface area contributed by atoms with Gasteiger partial charge in [-0.2, -0.15) is 0 Å². The number of anilines is 1. The van der Waals surface area contributed by atoms with Crippen LogP contribution in [0.3, 0.4) is 0 Å². The number of benzene rings is 1. The Morgan fingerprint density at radius 2 is 2.00 bits per heavy atom.